The summed E-state index contributed by atoms with van der Waals surface area (Å²) in [6.45, 7) is 6.53. The summed E-state index contributed by atoms with van der Waals surface area (Å²) in [5.41, 5.74) is 5.95. The lowest BCUT2D eigenvalue weighted by molar-refractivity contribution is -0.147. The Hall–Kier alpha value is -0.570. The molecule has 0 bridgehead atoms. The van der Waals surface area contributed by atoms with Crippen LogP contribution in [0.5, 0.6) is 0 Å². The highest BCUT2D eigenvalue weighted by molar-refractivity contribution is 5.70. The van der Waals surface area contributed by atoms with Crippen LogP contribution in [0.25, 0.3) is 0 Å². The van der Waals surface area contributed by atoms with Crippen molar-refractivity contribution in [1.82, 2.24) is 0 Å². The first kappa shape index (κ1) is 10.5. The number of nitrogens with two attached hydrogens (primary N) is 1. The van der Waals surface area contributed by atoms with E-state index in [2.05, 4.69) is 13.8 Å². The molecule has 1 rings (SSSR count). The van der Waals surface area contributed by atoms with Crippen LogP contribution in [0.1, 0.15) is 33.6 Å². The van der Waals surface area contributed by atoms with Gasteiger partial charge in [0.05, 0.1) is 6.61 Å². The van der Waals surface area contributed by atoms with Crippen molar-refractivity contribution in [3.8, 4) is 0 Å². The van der Waals surface area contributed by atoms with E-state index in [1.165, 1.54) is 0 Å². The predicted molar refractivity (Wildman–Crippen MR) is 51.1 cm³/mol. The van der Waals surface area contributed by atoms with Crippen molar-refractivity contribution in [3.63, 3.8) is 0 Å². The lowest BCUT2D eigenvalue weighted by Crippen LogP contribution is -2.54. The highest BCUT2D eigenvalue weighted by Crippen LogP contribution is 2.46. The normalized spacial score (nSPS) is 30.8. The van der Waals surface area contributed by atoms with E-state index in [1.807, 2.05) is 6.92 Å². The van der Waals surface area contributed by atoms with Crippen molar-refractivity contribution in [3.05, 3.63) is 0 Å². The number of carbonyl (C=O) groups excluding carboxylic acids is 1. The second-order valence-corrected chi connectivity index (χ2v) is 4.37. The maximum atomic E-state index is 11.2. The van der Waals surface area contributed by atoms with Gasteiger partial charge in [0.15, 0.2) is 0 Å². The largest absolute Gasteiger partial charge is 0.466 e. The van der Waals surface area contributed by atoms with E-state index >= 15 is 0 Å². The number of ether oxygens (including phenoxy) is 1. The minimum Gasteiger partial charge on any atom is -0.466 e. The van der Waals surface area contributed by atoms with Crippen LogP contribution >= 0.6 is 0 Å². The third kappa shape index (κ3) is 2.02. The van der Waals surface area contributed by atoms with E-state index < -0.39 is 0 Å². The first-order chi connectivity index (χ1) is 5.98. The summed E-state index contributed by atoms with van der Waals surface area (Å²) in [4.78, 5) is 11.2. The average Bonchev–Trinajstić information content (AvgIpc) is 2.04. The van der Waals surface area contributed by atoms with Gasteiger partial charge in [-0.3, -0.25) is 4.79 Å². The molecule has 0 aromatic carbocycles. The van der Waals surface area contributed by atoms with Gasteiger partial charge in [-0.15, -0.1) is 0 Å². The minimum atomic E-state index is -0.0903. The average molecular weight is 185 g/mol. The van der Waals surface area contributed by atoms with E-state index in [-0.39, 0.29) is 17.4 Å². The molecule has 0 saturated heterocycles. The molecule has 0 aromatic rings. The molecular weight excluding hydrogens is 166 g/mol. The van der Waals surface area contributed by atoms with Crippen molar-refractivity contribution < 1.29 is 9.53 Å². The molecule has 0 heterocycles. The van der Waals surface area contributed by atoms with Crippen molar-refractivity contribution >= 4 is 5.97 Å². The molecule has 3 heteroatoms. The van der Waals surface area contributed by atoms with E-state index in [4.69, 9.17) is 10.5 Å². The summed E-state index contributed by atoms with van der Waals surface area (Å²) < 4.78 is 4.90. The van der Waals surface area contributed by atoms with Crippen LogP contribution in [0.4, 0.5) is 0 Å². The highest BCUT2D eigenvalue weighted by Gasteiger charge is 2.46. The fourth-order valence-corrected chi connectivity index (χ4v) is 1.82. The summed E-state index contributed by atoms with van der Waals surface area (Å²) in [6.07, 6.45) is 1.47. The molecule has 3 nitrogen and oxygen atoms in total. The van der Waals surface area contributed by atoms with Crippen LogP contribution in [-0.4, -0.2) is 18.6 Å². The summed E-state index contributed by atoms with van der Waals surface area (Å²) in [5.74, 6) is 0.314. The van der Waals surface area contributed by atoms with E-state index in [0.29, 0.717) is 18.9 Å². The Morgan fingerprint density at radius 1 is 1.62 bits per heavy atom. The van der Waals surface area contributed by atoms with Crippen LogP contribution in [0, 0.1) is 11.3 Å². The number of rotatable bonds is 3. The smallest absolute Gasteiger partial charge is 0.306 e. The molecule has 2 N–H and O–H groups in total. The van der Waals surface area contributed by atoms with Crippen LogP contribution in [0.2, 0.25) is 0 Å². The molecule has 1 aliphatic rings. The molecule has 1 aliphatic carbocycles. The molecule has 0 spiro atoms. The van der Waals surface area contributed by atoms with E-state index in [0.717, 1.165) is 6.42 Å². The number of hydrogen-bond donors (Lipinski definition) is 1. The first-order valence-electron chi connectivity index (χ1n) is 4.89. The third-order valence-corrected chi connectivity index (χ3v) is 3.26. The number of carbonyl (C=O) groups is 1. The van der Waals surface area contributed by atoms with Crippen LogP contribution in [-0.2, 0) is 9.53 Å². The number of hydrogen-bond acceptors (Lipinski definition) is 3. The van der Waals surface area contributed by atoms with Gasteiger partial charge in [-0.2, -0.15) is 0 Å². The molecule has 13 heavy (non-hydrogen) atoms. The molecule has 0 aromatic heterocycles. The Kier molecular flexibility index (Phi) is 2.96. The molecule has 0 amide bonds. The predicted octanol–water partition coefficient (Wildman–Crippen LogP) is 1.31. The van der Waals surface area contributed by atoms with Gasteiger partial charge in [-0.25, -0.2) is 0 Å². The Bertz CT molecular complexity index is 201. The van der Waals surface area contributed by atoms with Gasteiger partial charge < -0.3 is 10.5 Å². The van der Waals surface area contributed by atoms with E-state index in [1.54, 1.807) is 0 Å². The van der Waals surface area contributed by atoms with Gasteiger partial charge in [-0.05, 0) is 24.7 Å². The van der Waals surface area contributed by atoms with Crippen LogP contribution in [0.15, 0.2) is 0 Å². The zero-order valence-corrected chi connectivity index (χ0v) is 8.67. The third-order valence-electron chi connectivity index (χ3n) is 3.26. The molecule has 2 atom stereocenters. The summed E-state index contributed by atoms with van der Waals surface area (Å²) >= 11 is 0. The fourth-order valence-electron chi connectivity index (χ4n) is 1.82. The Morgan fingerprint density at radius 3 is 2.62 bits per heavy atom. The van der Waals surface area contributed by atoms with Gasteiger partial charge >= 0.3 is 5.97 Å². The van der Waals surface area contributed by atoms with Crippen molar-refractivity contribution in [2.45, 2.75) is 39.7 Å². The van der Waals surface area contributed by atoms with Crippen molar-refractivity contribution in [2.75, 3.05) is 6.61 Å². The first-order valence-corrected chi connectivity index (χ1v) is 4.89. The Labute approximate surface area is 79.6 Å². The highest BCUT2D eigenvalue weighted by atomic mass is 16.5. The maximum Gasteiger partial charge on any atom is 0.306 e. The van der Waals surface area contributed by atoms with Crippen molar-refractivity contribution in [1.29, 1.82) is 0 Å². The lowest BCUT2D eigenvalue weighted by Gasteiger charge is -2.50. The summed E-state index contributed by atoms with van der Waals surface area (Å²) in [6, 6.07) is 0.243. The van der Waals surface area contributed by atoms with Crippen molar-refractivity contribution in [2.24, 2.45) is 17.1 Å². The van der Waals surface area contributed by atoms with Gasteiger partial charge in [0, 0.05) is 12.5 Å². The molecule has 1 fully saturated rings. The second kappa shape index (κ2) is 3.66. The van der Waals surface area contributed by atoms with Gasteiger partial charge in [0.25, 0.3) is 0 Å². The van der Waals surface area contributed by atoms with Crippen LogP contribution in [0.3, 0.4) is 0 Å². The molecule has 1 saturated carbocycles. The standard InChI is InChI=1S/C10H19NO2/c1-4-13-9(12)6-7-5-8(11)10(7,2)3/h7-8H,4-6,11H2,1-3H3/t7-,8-/m0/s1. The van der Waals surface area contributed by atoms with Gasteiger partial charge in [0.2, 0.25) is 0 Å². The second-order valence-electron chi connectivity index (χ2n) is 4.37. The zero-order valence-electron chi connectivity index (χ0n) is 8.67. The topological polar surface area (TPSA) is 52.3 Å². The van der Waals surface area contributed by atoms with Gasteiger partial charge in [-0.1, -0.05) is 13.8 Å². The minimum absolute atomic E-state index is 0.0903. The van der Waals surface area contributed by atoms with Crippen LogP contribution < -0.4 is 5.73 Å². The van der Waals surface area contributed by atoms with Gasteiger partial charge in [0.1, 0.15) is 0 Å². The molecule has 0 unspecified atom stereocenters. The quantitative estimate of drug-likeness (QED) is 0.674. The summed E-state index contributed by atoms with van der Waals surface area (Å²) in [5, 5.41) is 0. The molecule has 0 radical (unpaired) electrons. The lowest BCUT2D eigenvalue weighted by atomic mass is 9.58. The summed E-state index contributed by atoms with van der Waals surface area (Å²) in [7, 11) is 0. The maximum absolute atomic E-state index is 11.2. The SMILES string of the molecule is CCOC(=O)C[C@@H]1C[C@H](N)C1(C)C. The molecular formula is C10H19NO2. The fraction of sp³-hybridized carbons (Fsp3) is 0.900. The molecule has 0 aliphatic heterocycles. The Morgan fingerprint density at radius 2 is 2.23 bits per heavy atom. The molecule has 76 valence electrons. The van der Waals surface area contributed by atoms with E-state index in [9.17, 15) is 4.79 Å². The Balaban J connectivity index is 2.36. The monoisotopic (exact) mass is 185 g/mol. The number of esters is 1. The zero-order chi connectivity index (χ0) is 10.1.